The number of nitrogens with one attached hydrogen (secondary N) is 2. The molecule has 23 heavy (non-hydrogen) atoms. The molecule has 2 heterocycles. The summed E-state index contributed by atoms with van der Waals surface area (Å²) < 4.78 is 5.16. The molecule has 0 unspecified atom stereocenters. The number of anilines is 1. The number of pyridine rings is 2. The zero-order valence-electron chi connectivity index (χ0n) is 12.9. The molecule has 5 nitrogen and oxygen atoms in total. The van der Waals surface area contributed by atoms with Crippen LogP contribution in [0.4, 0.5) is 5.69 Å². The molecule has 0 aliphatic carbocycles. The van der Waals surface area contributed by atoms with E-state index in [4.69, 9.17) is 4.74 Å². The number of carbonyl (C=O) groups is 1. The van der Waals surface area contributed by atoms with Crippen molar-refractivity contribution in [2.24, 2.45) is 0 Å². The number of aromatic nitrogens is 2. The summed E-state index contributed by atoms with van der Waals surface area (Å²) in [4.78, 5) is 19.5. The molecule has 0 atom stereocenters. The van der Waals surface area contributed by atoms with E-state index in [1.807, 2.05) is 36.4 Å². The average Bonchev–Trinajstić information content (AvgIpc) is 2.60. The average molecular weight is 308 g/mol. The lowest BCUT2D eigenvalue weighted by molar-refractivity contribution is -0.344. The third-order valence-electron chi connectivity index (χ3n) is 3.53. The molecule has 0 saturated carbocycles. The minimum Gasteiger partial charge on any atom is -0.462 e. The van der Waals surface area contributed by atoms with Gasteiger partial charge in [-0.25, -0.2) is 9.78 Å². The molecule has 0 aliphatic rings. The van der Waals surface area contributed by atoms with Crippen LogP contribution in [0, 0.1) is 0 Å². The Morgan fingerprint density at radius 2 is 2.13 bits per heavy atom. The van der Waals surface area contributed by atoms with Crippen LogP contribution < -0.4 is 10.3 Å². The van der Waals surface area contributed by atoms with Crippen LogP contribution in [-0.4, -0.2) is 17.6 Å². The van der Waals surface area contributed by atoms with Crippen LogP contribution >= 0.6 is 0 Å². The molecule has 0 aliphatic heterocycles. The third kappa shape index (κ3) is 3.29. The van der Waals surface area contributed by atoms with Gasteiger partial charge in [-0.1, -0.05) is 18.2 Å². The van der Waals surface area contributed by atoms with E-state index in [0.717, 1.165) is 22.2 Å². The summed E-state index contributed by atoms with van der Waals surface area (Å²) in [6, 6.07) is 11.7. The van der Waals surface area contributed by atoms with Crippen molar-refractivity contribution < 1.29 is 14.5 Å². The Bertz CT molecular complexity index is 819. The first-order valence-electron chi connectivity index (χ1n) is 7.53. The van der Waals surface area contributed by atoms with Gasteiger partial charge in [0.05, 0.1) is 17.7 Å². The summed E-state index contributed by atoms with van der Waals surface area (Å²) >= 11 is 0. The molecule has 3 rings (SSSR count). The number of hydrogen-bond donors (Lipinski definition) is 1. The van der Waals surface area contributed by atoms with Gasteiger partial charge in [0, 0.05) is 25.0 Å². The number of carbonyl (C=O) groups excluding carboxylic acids is 1. The van der Waals surface area contributed by atoms with Gasteiger partial charge in [0.1, 0.15) is 5.56 Å². The molecule has 0 fully saturated rings. The Morgan fingerprint density at radius 3 is 2.91 bits per heavy atom. The fraction of sp³-hybridized carbons (Fsp3) is 0.167. The Hall–Kier alpha value is -2.95. The molecular formula is C18H18N3O2+. The minimum atomic E-state index is -0.344. The third-order valence-corrected chi connectivity index (χ3v) is 3.53. The number of rotatable bonds is 5. The highest BCUT2D eigenvalue weighted by molar-refractivity contribution is 6.03. The van der Waals surface area contributed by atoms with Gasteiger partial charge in [-0.3, -0.25) is 4.98 Å². The van der Waals surface area contributed by atoms with Crippen molar-refractivity contribution in [3.05, 3.63) is 66.1 Å². The van der Waals surface area contributed by atoms with Crippen molar-refractivity contribution in [2.75, 3.05) is 11.9 Å². The SMILES string of the molecule is CCOC(=O)c1c[nH+]c2ccccc2c1NCc1cccnc1. The summed E-state index contributed by atoms with van der Waals surface area (Å²) in [6.07, 6.45) is 5.22. The van der Waals surface area contributed by atoms with Crippen molar-refractivity contribution >= 4 is 22.6 Å². The second kappa shape index (κ2) is 6.87. The van der Waals surface area contributed by atoms with Crippen molar-refractivity contribution in [3.63, 3.8) is 0 Å². The van der Waals surface area contributed by atoms with Crippen LogP contribution in [0.15, 0.2) is 55.0 Å². The molecule has 0 radical (unpaired) electrons. The summed E-state index contributed by atoms with van der Waals surface area (Å²) in [5.74, 6) is -0.344. The van der Waals surface area contributed by atoms with E-state index in [-0.39, 0.29) is 5.97 Å². The number of H-pyrrole nitrogens is 1. The molecule has 116 valence electrons. The Morgan fingerprint density at radius 1 is 1.26 bits per heavy atom. The van der Waals surface area contributed by atoms with Crippen LogP contribution in [0.5, 0.6) is 0 Å². The number of hydrogen-bond acceptors (Lipinski definition) is 4. The minimum absolute atomic E-state index is 0.341. The molecular weight excluding hydrogens is 290 g/mol. The van der Waals surface area contributed by atoms with Crippen molar-refractivity contribution in [2.45, 2.75) is 13.5 Å². The summed E-state index contributed by atoms with van der Waals surface area (Å²) in [7, 11) is 0. The number of nitrogens with zero attached hydrogens (tertiary/aromatic N) is 1. The lowest BCUT2D eigenvalue weighted by atomic mass is 10.1. The van der Waals surface area contributed by atoms with Gasteiger partial charge < -0.3 is 10.1 Å². The van der Waals surface area contributed by atoms with Crippen molar-refractivity contribution in [1.82, 2.24) is 4.98 Å². The lowest BCUT2D eigenvalue weighted by Gasteiger charge is -2.11. The largest absolute Gasteiger partial charge is 0.462 e. The topological polar surface area (TPSA) is 65.4 Å². The maximum atomic E-state index is 12.2. The van der Waals surface area contributed by atoms with Gasteiger partial charge in [-0.2, -0.15) is 0 Å². The molecule has 1 aromatic carbocycles. The predicted molar refractivity (Wildman–Crippen MR) is 88.0 cm³/mol. The smallest absolute Gasteiger partial charge is 0.346 e. The molecule has 2 aromatic heterocycles. The fourth-order valence-corrected chi connectivity index (χ4v) is 2.45. The van der Waals surface area contributed by atoms with Crippen molar-refractivity contribution in [1.29, 1.82) is 0 Å². The second-order valence-electron chi connectivity index (χ2n) is 5.06. The van der Waals surface area contributed by atoms with Gasteiger partial charge >= 0.3 is 5.97 Å². The highest BCUT2D eigenvalue weighted by Gasteiger charge is 2.19. The van der Waals surface area contributed by atoms with Gasteiger partial charge in [-0.05, 0) is 24.6 Å². The predicted octanol–water partition coefficient (Wildman–Crippen LogP) is 2.84. The van der Waals surface area contributed by atoms with Gasteiger partial charge in [0.15, 0.2) is 6.20 Å². The molecule has 5 heteroatoms. The monoisotopic (exact) mass is 308 g/mol. The molecule has 0 amide bonds. The van der Waals surface area contributed by atoms with Crippen LogP contribution in [0.3, 0.4) is 0 Å². The maximum Gasteiger partial charge on any atom is 0.346 e. The zero-order chi connectivity index (χ0) is 16.1. The maximum absolute atomic E-state index is 12.2. The van der Waals surface area contributed by atoms with Crippen LogP contribution in [0.25, 0.3) is 10.9 Å². The van der Waals surface area contributed by atoms with Crippen LogP contribution in [-0.2, 0) is 11.3 Å². The van der Waals surface area contributed by atoms with Crippen molar-refractivity contribution in [3.8, 4) is 0 Å². The highest BCUT2D eigenvalue weighted by atomic mass is 16.5. The quantitative estimate of drug-likeness (QED) is 0.736. The first-order chi connectivity index (χ1) is 11.3. The van der Waals surface area contributed by atoms with E-state index in [1.165, 1.54) is 0 Å². The first-order valence-corrected chi connectivity index (χ1v) is 7.53. The van der Waals surface area contributed by atoms with E-state index >= 15 is 0 Å². The molecule has 2 N–H and O–H groups in total. The number of ether oxygens (including phenoxy) is 1. The first kappa shape index (κ1) is 15.0. The number of fused-ring (bicyclic) bond motifs is 1. The van der Waals surface area contributed by atoms with E-state index in [2.05, 4.69) is 15.3 Å². The standard InChI is InChI=1S/C18H17N3O2/c1-2-23-18(22)15-12-20-16-8-4-3-7-14(16)17(15)21-11-13-6-5-9-19-10-13/h3-10,12H,2,11H2,1H3,(H,20,21)/p+1. The van der Waals surface area contributed by atoms with E-state index in [0.29, 0.717) is 18.7 Å². The zero-order valence-corrected chi connectivity index (χ0v) is 12.9. The van der Waals surface area contributed by atoms with Crippen LogP contribution in [0.1, 0.15) is 22.8 Å². The molecule has 0 bridgehead atoms. The Balaban J connectivity index is 2.00. The van der Waals surface area contributed by atoms with E-state index < -0.39 is 0 Å². The van der Waals surface area contributed by atoms with Gasteiger partial charge in [-0.15, -0.1) is 0 Å². The second-order valence-corrected chi connectivity index (χ2v) is 5.06. The summed E-state index contributed by atoms with van der Waals surface area (Å²) in [5, 5.41) is 4.30. The number of benzene rings is 1. The van der Waals surface area contributed by atoms with E-state index in [1.54, 1.807) is 25.5 Å². The highest BCUT2D eigenvalue weighted by Crippen LogP contribution is 2.25. The normalized spacial score (nSPS) is 10.5. The summed E-state index contributed by atoms with van der Waals surface area (Å²) in [6.45, 7) is 2.72. The Kier molecular flexibility index (Phi) is 4.47. The number of esters is 1. The summed E-state index contributed by atoms with van der Waals surface area (Å²) in [5.41, 5.74) is 3.25. The van der Waals surface area contributed by atoms with E-state index in [9.17, 15) is 4.79 Å². The Labute approximate surface area is 134 Å². The molecule has 3 aromatic rings. The van der Waals surface area contributed by atoms with Gasteiger partial charge in [0.25, 0.3) is 0 Å². The fourth-order valence-electron chi connectivity index (χ4n) is 2.45. The molecule has 0 spiro atoms. The van der Waals surface area contributed by atoms with Gasteiger partial charge in [0.2, 0.25) is 5.52 Å². The number of aromatic amines is 1. The number of para-hydroxylation sites is 1. The molecule has 0 saturated heterocycles. The van der Waals surface area contributed by atoms with Crippen LogP contribution in [0.2, 0.25) is 0 Å². The lowest BCUT2D eigenvalue weighted by Crippen LogP contribution is -2.16.